The van der Waals surface area contributed by atoms with Crippen molar-refractivity contribution in [3.05, 3.63) is 24.3 Å². The van der Waals surface area contributed by atoms with Gasteiger partial charge in [0.25, 0.3) is 0 Å². The molecule has 6 nitrogen and oxygen atoms in total. The van der Waals surface area contributed by atoms with Gasteiger partial charge in [0.15, 0.2) is 0 Å². The van der Waals surface area contributed by atoms with Gasteiger partial charge in [0.05, 0.1) is 25.4 Å². The van der Waals surface area contributed by atoms with Gasteiger partial charge in [0, 0.05) is 12.8 Å². The van der Waals surface area contributed by atoms with Crippen molar-refractivity contribution in [2.45, 2.75) is 244 Å². The summed E-state index contributed by atoms with van der Waals surface area (Å²) in [4.78, 5) is 24.3. The first-order valence-corrected chi connectivity index (χ1v) is 22.6. The molecular weight excluding hydrogens is 647 g/mol. The summed E-state index contributed by atoms with van der Waals surface area (Å²) < 4.78 is 5.43. The van der Waals surface area contributed by atoms with Crippen LogP contribution in [-0.2, 0) is 14.3 Å². The molecule has 306 valence electrons. The Labute approximate surface area is 322 Å². The summed E-state index contributed by atoms with van der Waals surface area (Å²) in [7, 11) is 0. The van der Waals surface area contributed by atoms with Gasteiger partial charge in [-0.05, 0) is 57.8 Å². The van der Waals surface area contributed by atoms with Crippen LogP contribution in [0.3, 0.4) is 0 Å². The second-order valence-corrected chi connectivity index (χ2v) is 15.4. The van der Waals surface area contributed by atoms with Crippen molar-refractivity contribution in [1.82, 2.24) is 5.32 Å². The van der Waals surface area contributed by atoms with Crippen LogP contribution in [-0.4, -0.2) is 47.4 Å². The molecule has 2 unspecified atom stereocenters. The smallest absolute Gasteiger partial charge is 0.305 e. The Morgan fingerprint density at radius 1 is 0.519 bits per heavy atom. The van der Waals surface area contributed by atoms with E-state index in [0.29, 0.717) is 19.4 Å². The number of unbranched alkanes of at least 4 members (excludes halogenated alkanes) is 28. The number of carbonyl (C=O) groups is 2. The molecular formula is C46H87NO5. The predicted molar refractivity (Wildman–Crippen MR) is 223 cm³/mol. The molecule has 0 aliphatic heterocycles. The number of esters is 1. The summed E-state index contributed by atoms with van der Waals surface area (Å²) in [5.74, 6) is -0.124. The number of carbonyl (C=O) groups excluding carboxylic acids is 2. The van der Waals surface area contributed by atoms with Crippen molar-refractivity contribution >= 4 is 11.9 Å². The first-order chi connectivity index (χ1) is 25.5. The van der Waals surface area contributed by atoms with Gasteiger partial charge >= 0.3 is 5.97 Å². The Morgan fingerprint density at radius 2 is 0.904 bits per heavy atom. The number of ether oxygens (including phenoxy) is 1. The monoisotopic (exact) mass is 734 g/mol. The second kappa shape index (κ2) is 42.1. The number of allylic oxidation sites excluding steroid dienone is 3. The summed E-state index contributed by atoms with van der Waals surface area (Å²) in [6.07, 6.45) is 47.3. The Hall–Kier alpha value is -1.66. The Balaban J connectivity index is 3.52. The van der Waals surface area contributed by atoms with Gasteiger partial charge in [0.2, 0.25) is 5.91 Å². The van der Waals surface area contributed by atoms with Crippen molar-refractivity contribution in [2.24, 2.45) is 0 Å². The minimum Gasteiger partial charge on any atom is -0.466 e. The van der Waals surface area contributed by atoms with Crippen LogP contribution in [0.1, 0.15) is 232 Å². The number of nitrogens with one attached hydrogen (secondary N) is 1. The van der Waals surface area contributed by atoms with E-state index in [1.165, 1.54) is 148 Å². The van der Waals surface area contributed by atoms with Crippen LogP contribution < -0.4 is 5.32 Å². The van der Waals surface area contributed by atoms with Gasteiger partial charge in [-0.3, -0.25) is 9.59 Å². The lowest BCUT2D eigenvalue weighted by molar-refractivity contribution is -0.143. The van der Waals surface area contributed by atoms with Crippen molar-refractivity contribution in [3.8, 4) is 0 Å². The average Bonchev–Trinajstić information content (AvgIpc) is 3.14. The van der Waals surface area contributed by atoms with E-state index >= 15 is 0 Å². The molecule has 0 rings (SSSR count). The van der Waals surface area contributed by atoms with E-state index in [1.54, 1.807) is 6.08 Å². The van der Waals surface area contributed by atoms with E-state index in [2.05, 4.69) is 31.3 Å². The Bertz CT molecular complexity index is 813. The average molecular weight is 734 g/mol. The van der Waals surface area contributed by atoms with Gasteiger partial charge in [-0.2, -0.15) is 0 Å². The molecule has 0 aliphatic carbocycles. The van der Waals surface area contributed by atoms with Crippen molar-refractivity contribution < 1.29 is 24.5 Å². The molecule has 0 aliphatic rings. The van der Waals surface area contributed by atoms with E-state index in [4.69, 9.17) is 4.74 Å². The fraction of sp³-hybridized carbons (Fsp3) is 0.870. The highest BCUT2D eigenvalue weighted by Gasteiger charge is 2.18. The third kappa shape index (κ3) is 38.1. The van der Waals surface area contributed by atoms with Crippen LogP contribution in [0.15, 0.2) is 24.3 Å². The highest BCUT2D eigenvalue weighted by atomic mass is 16.5. The minimum atomic E-state index is -0.857. The van der Waals surface area contributed by atoms with Gasteiger partial charge in [-0.15, -0.1) is 0 Å². The number of hydrogen-bond donors (Lipinski definition) is 3. The molecule has 1 amide bonds. The maximum Gasteiger partial charge on any atom is 0.305 e. The van der Waals surface area contributed by atoms with E-state index in [9.17, 15) is 19.8 Å². The first-order valence-electron chi connectivity index (χ1n) is 22.6. The fourth-order valence-corrected chi connectivity index (χ4v) is 6.68. The largest absolute Gasteiger partial charge is 0.466 e. The minimum absolute atomic E-state index is 0.0304. The summed E-state index contributed by atoms with van der Waals surface area (Å²) >= 11 is 0. The van der Waals surface area contributed by atoms with Crippen molar-refractivity contribution in [3.63, 3.8) is 0 Å². The third-order valence-electron chi connectivity index (χ3n) is 10.2. The number of amides is 1. The first kappa shape index (κ1) is 50.3. The molecule has 0 bridgehead atoms. The third-order valence-corrected chi connectivity index (χ3v) is 10.2. The molecule has 0 aromatic carbocycles. The zero-order chi connectivity index (χ0) is 38.0. The maximum absolute atomic E-state index is 12.4. The van der Waals surface area contributed by atoms with Crippen LogP contribution in [0.5, 0.6) is 0 Å². The number of rotatable bonds is 41. The molecule has 0 heterocycles. The Kier molecular flexibility index (Phi) is 40.7. The molecule has 0 saturated heterocycles. The fourth-order valence-electron chi connectivity index (χ4n) is 6.68. The number of aliphatic hydroxyl groups is 2. The topological polar surface area (TPSA) is 95.9 Å². The molecule has 0 aromatic heterocycles. The SMILES string of the molecule is CCCCCCC/C=C\CCCCCCCC(=O)OCCCCCCCCCCCCC(=O)NC(CO)C(O)/C=C/CCCCCCCCCCC. The Morgan fingerprint density at radius 3 is 1.37 bits per heavy atom. The quantitative estimate of drug-likeness (QED) is 0.0330. The molecule has 2 atom stereocenters. The summed E-state index contributed by atoms with van der Waals surface area (Å²) in [5.41, 5.74) is 0. The molecule has 6 heteroatoms. The molecule has 0 saturated carbocycles. The molecule has 0 aromatic rings. The lowest BCUT2D eigenvalue weighted by Crippen LogP contribution is -2.45. The van der Waals surface area contributed by atoms with E-state index in [-0.39, 0.29) is 18.5 Å². The number of hydrogen-bond acceptors (Lipinski definition) is 5. The zero-order valence-corrected chi connectivity index (χ0v) is 34.5. The summed E-state index contributed by atoms with van der Waals surface area (Å²) in [5, 5.41) is 22.9. The van der Waals surface area contributed by atoms with Crippen LogP contribution in [0.25, 0.3) is 0 Å². The lowest BCUT2D eigenvalue weighted by atomic mass is 10.0. The predicted octanol–water partition coefficient (Wildman–Crippen LogP) is 12.8. The molecule has 0 radical (unpaired) electrons. The van der Waals surface area contributed by atoms with Crippen molar-refractivity contribution in [2.75, 3.05) is 13.2 Å². The zero-order valence-electron chi connectivity index (χ0n) is 34.5. The van der Waals surface area contributed by atoms with Crippen LogP contribution in [0.4, 0.5) is 0 Å². The highest BCUT2D eigenvalue weighted by molar-refractivity contribution is 5.76. The molecule has 0 fully saturated rings. The second-order valence-electron chi connectivity index (χ2n) is 15.4. The van der Waals surface area contributed by atoms with Gasteiger partial charge in [0.1, 0.15) is 0 Å². The maximum atomic E-state index is 12.4. The molecule has 52 heavy (non-hydrogen) atoms. The highest BCUT2D eigenvalue weighted by Crippen LogP contribution is 2.14. The van der Waals surface area contributed by atoms with E-state index in [1.807, 2.05) is 6.08 Å². The van der Waals surface area contributed by atoms with Crippen LogP contribution in [0, 0.1) is 0 Å². The van der Waals surface area contributed by atoms with E-state index in [0.717, 1.165) is 57.8 Å². The van der Waals surface area contributed by atoms with Gasteiger partial charge in [-0.25, -0.2) is 0 Å². The van der Waals surface area contributed by atoms with Gasteiger partial charge < -0.3 is 20.3 Å². The summed E-state index contributed by atoms with van der Waals surface area (Å²) in [6, 6.07) is -0.643. The van der Waals surface area contributed by atoms with Crippen LogP contribution >= 0.6 is 0 Å². The summed E-state index contributed by atoms with van der Waals surface area (Å²) in [6.45, 7) is 4.81. The van der Waals surface area contributed by atoms with Crippen molar-refractivity contribution in [1.29, 1.82) is 0 Å². The molecule has 3 N–H and O–H groups in total. The standard InChI is InChI=1S/C46H87NO5/c1-3-5-7-9-11-13-15-16-17-19-24-28-32-36-40-46(51)52-41-37-33-29-25-21-20-23-27-31-35-39-45(50)47-43(42-48)44(49)38-34-30-26-22-18-14-12-10-8-6-4-2/h15-16,34,38,43-44,48-49H,3-14,17-33,35-37,39-42H2,1-2H3,(H,47,50)/b16-15-,38-34+. The molecule has 0 spiro atoms. The normalized spacial score (nSPS) is 12.9. The van der Waals surface area contributed by atoms with E-state index < -0.39 is 12.1 Å². The van der Waals surface area contributed by atoms with Gasteiger partial charge in [-0.1, -0.05) is 186 Å². The number of aliphatic hydroxyl groups excluding tert-OH is 2. The van der Waals surface area contributed by atoms with Crippen LogP contribution in [0.2, 0.25) is 0 Å². The lowest BCUT2D eigenvalue weighted by Gasteiger charge is -2.20.